The Hall–Kier alpha value is -5.41. The first kappa shape index (κ1) is 43.2. The standard InChI is InChI=1S/C26H34FN5O2.C21H23FN4O2/c1-15(2)18-13-21-16(3)23(26-28-17(4)31-34-26)25(30-24(21)22(27)14-18)32-9-5-19(6-10-32)29-20-7-11-33-12-8-20;1-11(2)14-9-16-12(3)18(21-23-13(4)25-28-21)20(24-19(16)17(22)10-14)26-7-5-15(27)6-8-26/h13-15,19-20,29H,5-12H2,1-4H3;9-11H,5-8H2,1-4H3. The van der Waals surface area contributed by atoms with E-state index >= 15 is 4.39 Å². The number of hydrogen-bond donors (Lipinski definition) is 1. The lowest BCUT2D eigenvalue weighted by Crippen LogP contribution is -2.48. The lowest BCUT2D eigenvalue weighted by atomic mass is 9.95. The Morgan fingerprint density at radius 3 is 1.48 bits per heavy atom. The molecule has 0 radical (unpaired) electrons. The monoisotopic (exact) mass is 849 g/mol. The smallest absolute Gasteiger partial charge is 0.261 e. The van der Waals surface area contributed by atoms with Crippen LogP contribution < -0.4 is 15.1 Å². The summed E-state index contributed by atoms with van der Waals surface area (Å²) in [6, 6.07) is 8.21. The summed E-state index contributed by atoms with van der Waals surface area (Å²) >= 11 is 0. The van der Waals surface area contributed by atoms with E-state index < -0.39 is 0 Å². The van der Waals surface area contributed by atoms with Crippen molar-refractivity contribution in [1.29, 1.82) is 0 Å². The van der Waals surface area contributed by atoms with Gasteiger partial charge >= 0.3 is 0 Å². The SMILES string of the molecule is Cc1noc(-c2c(N3CCC(=O)CC3)nc3c(F)cc(C(C)C)cc3c2C)n1.Cc1noc(-c2c(N3CCC(NC4CCOCC4)CC3)nc3c(F)cc(C(C)C)cc3c2C)n1. The molecule has 13 nitrogen and oxygen atoms in total. The molecule has 0 bridgehead atoms. The Labute approximate surface area is 361 Å². The second-order valence-electron chi connectivity index (χ2n) is 17.6. The number of halogens is 2. The number of fused-ring (bicyclic) bond motifs is 2. The molecular formula is C47H57F2N9O4. The van der Waals surface area contributed by atoms with Crippen molar-refractivity contribution >= 4 is 39.2 Å². The number of rotatable bonds is 8. The molecule has 6 aromatic rings. The van der Waals surface area contributed by atoms with Gasteiger partial charge in [0.2, 0.25) is 0 Å². The van der Waals surface area contributed by atoms with Gasteiger partial charge in [-0.15, -0.1) is 0 Å². The van der Waals surface area contributed by atoms with E-state index in [0.29, 0.717) is 83.9 Å². The number of anilines is 2. The Kier molecular flexibility index (Phi) is 12.6. The van der Waals surface area contributed by atoms with E-state index in [0.717, 1.165) is 96.4 Å². The summed E-state index contributed by atoms with van der Waals surface area (Å²) in [5.41, 5.74) is 5.89. The number of ketones is 1. The molecule has 9 rings (SSSR count). The minimum Gasteiger partial charge on any atom is -0.381 e. The van der Waals surface area contributed by atoms with Gasteiger partial charge in [0.05, 0.1) is 11.1 Å². The average molecular weight is 850 g/mol. The number of carbonyl (C=O) groups is 1. The number of benzene rings is 2. The largest absolute Gasteiger partial charge is 0.381 e. The summed E-state index contributed by atoms with van der Waals surface area (Å²) in [4.78, 5) is 34.4. The Balaban J connectivity index is 0.000000174. The first-order chi connectivity index (χ1) is 29.7. The molecule has 328 valence electrons. The lowest BCUT2D eigenvalue weighted by Gasteiger charge is -2.37. The van der Waals surface area contributed by atoms with Crippen LogP contribution in [-0.2, 0) is 9.53 Å². The maximum Gasteiger partial charge on any atom is 0.261 e. The van der Waals surface area contributed by atoms with Gasteiger partial charge in [-0.05, 0) is 112 Å². The number of pyridine rings is 2. The van der Waals surface area contributed by atoms with Gasteiger partial charge in [-0.1, -0.05) is 38.0 Å². The topological polar surface area (TPSA) is 148 Å². The first-order valence-electron chi connectivity index (χ1n) is 22.0. The van der Waals surface area contributed by atoms with Crippen LogP contribution in [-0.4, -0.2) is 87.5 Å². The molecule has 1 N–H and O–H groups in total. The molecule has 0 atom stereocenters. The number of nitrogens with one attached hydrogen (secondary N) is 1. The van der Waals surface area contributed by atoms with E-state index in [1.54, 1.807) is 26.0 Å². The Bertz CT molecular complexity index is 2580. The third-order valence-corrected chi connectivity index (χ3v) is 12.5. The number of nitrogens with zero attached hydrogens (tertiary/aromatic N) is 8. The fourth-order valence-electron chi connectivity index (χ4n) is 8.82. The van der Waals surface area contributed by atoms with Gasteiger partial charge in [0.1, 0.15) is 40.1 Å². The fraction of sp³-hybridized carbons (Fsp3) is 0.511. The number of hydrogen-bond acceptors (Lipinski definition) is 13. The summed E-state index contributed by atoms with van der Waals surface area (Å²) < 4.78 is 46.7. The molecule has 0 aliphatic carbocycles. The quantitative estimate of drug-likeness (QED) is 0.155. The molecule has 7 heterocycles. The van der Waals surface area contributed by atoms with Gasteiger partial charge in [0.25, 0.3) is 11.8 Å². The highest BCUT2D eigenvalue weighted by atomic mass is 19.1. The first-order valence-corrected chi connectivity index (χ1v) is 22.0. The zero-order valence-corrected chi connectivity index (χ0v) is 37.1. The number of piperidine rings is 2. The van der Waals surface area contributed by atoms with E-state index in [-0.39, 0.29) is 29.3 Å². The lowest BCUT2D eigenvalue weighted by molar-refractivity contribution is -0.119. The summed E-state index contributed by atoms with van der Waals surface area (Å²) in [5.74, 6) is 3.25. The number of Topliss-reactive ketones (excluding diaryl/α,β-unsaturated/α-hetero) is 1. The molecule has 2 aromatic carbocycles. The summed E-state index contributed by atoms with van der Waals surface area (Å²) in [7, 11) is 0. The van der Waals surface area contributed by atoms with Crippen molar-refractivity contribution in [3.8, 4) is 22.9 Å². The predicted molar refractivity (Wildman–Crippen MR) is 236 cm³/mol. The molecule has 3 saturated heterocycles. The number of aryl methyl sites for hydroxylation is 4. The van der Waals surface area contributed by atoms with Crippen LogP contribution in [0.15, 0.2) is 33.3 Å². The molecule has 3 aliphatic heterocycles. The highest BCUT2D eigenvalue weighted by molar-refractivity contribution is 5.95. The van der Waals surface area contributed by atoms with Crippen molar-refractivity contribution in [2.75, 3.05) is 49.2 Å². The minimum atomic E-state index is -0.341. The van der Waals surface area contributed by atoms with Gasteiger partial charge in [-0.3, -0.25) is 4.79 Å². The summed E-state index contributed by atoms with van der Waals surface area (Å²) in [6.07, 6.45) is 5.07. The summed E-state index contributed by atoms with van der Waals surface area (Å²) in [5, 5.41) is 13.3. The van der Waals surface area contributed by atoms with Crippen LogP contribution in [0.4, 0.5) is 20.4 Å². The van der Waals surface area contributed by atoms with Crippen LogP contribution >= 0.6 is 0 Å². The molecule has 0 saturated carbocycles. The van der Waals surface area contributed by atoms with Crippen molar-refractivity contribution in [3.05, 3.63) is 69.8 Å². The molecule has 0 spiro atoms. The van der Waals surface area contributed by atoms with Gasteiger partial charge in [-0.2, -0.15) is 9.97 Å². The molecule has 0 unspecified atom stereocenters. The zero-order valence-electron chi connectivity index (χ0n) is 37.1. The van der Waals surface area contributed by atoms with Crippen LogP contribution in [0.5, 0.6) is 0 Å². The molecule has 3 aliphatic rings. The van der Waals surface area contributed by atoms with Gasteiger partial charge in [0, 0.05) is 75.1 Å². The van der Waals surface area contributed by atoms with E-state index in [2.05, 4.69) is 49.3 Å². The Morgan fingerprint density at radius 2 is 1.06 bits per heavy atom. The van der Waals surface area contributed by atoms with E-state index in [4.69, 9.17) is 18.8 Å². The highest BCUT2D eigenvalue weighted by Crippen LogP contribution is 2.40. The van der Waals surface area contributed by atoms with Crippen LogP contribution in [0.1, 0.15) is 112 Å². The zero-order chi connectivity index (χ0) is 43.8. The highest BCUT2D eigenvalue weighted by Gasteiger charge is 2.30. The molecule has 4 aromatic heterocycles. The van der Waals surface area contributed by atoms with E-state index in [1.165, 1.54) is 0 Å². The average Bonchev–Trinajstić information content (AvgIpc) is 3.89. The van der Waals surface area contributed by atoms with E-state index in [9.17, 15) is 9.18 Å². The van der Waals surface area contributed by atoms with Crippen LogP contribution in [0.25, 0.3) is 44.7 Å². The molecule has 15 heteroatoms. The van der Waals surface area contributed by atoms with Crippen molar-refractivity contribution in [1.82, 2.24) is 35.6 Å². The van der Waals surface area contributed by atoms with Crippen molar-refractivity contribution < 1.29 is 27.4 Å². The molecule has 0 amide bonds. The second kappa shape index (κ2) is 18.1. The maximum absolute atomic E-state index is 15.2. The fourth-order valence-corrected chi connectivity index (χ4v) is 8.82. The van der Waals surface area contributed by atoms with Gasteiger partial charge in [0.15, 0.2) is 11.6 Å². The number of ether oxygens (including phenoxy) is 1. The normalized spacial score (nSPS) is 16.9. The number of aromatic nitrogens is 6. The Morgan fingerprint density at radius 1 is 0.629 bits per heavy atom. The third-order valence-electron chi connectivity index (χ3n) is 12.5. The molecular weight excluding hydrogens is 793 g/mol. The van der Waals surface area contributed by atoms with Gasteiger partial charge < -0.3 is 28.9 Å². The van der Waals surface area contributed by atoms with Crippen LogP contribution in [0, 0.1) is 39.3 Å². The van der Waals surface area contributed by atoms with Crippen LogP contribution in [0.3, 0.4) is 0 Å². The second-order valence-corrected chi connectivity index (χ2v) is 17.6. The predicted octanol–water partition coefficient (Wildman–Crippen LogP) is 9.23. The van der Waals surface area contributed by atoms with E-state index in [1.807, 2.05) is 44.7 Å². The van der Waals surface area contributed by atoms with Gasteiger partial charge in [-0.25, -0.2) is 18.7 Å². The molecule has 62 heavy (non-hydrogen) atoms. The third kappa shape index (κ3) is 8.92. The number of carbonyl (C=O) groups excluding carboxylic acids is 1. The van der Waals surface area contributed by atoms with Crippen molar-refractivity contribution in [2.24, 2.45) is 0 Å². The van der Waals surface area contributed by atoms with Crippen molar-refractivity contribution in [3.63, 3.8) is 0 Å². The molecule has 3 fully saturated rings. The van der Waals surface area contributed by atoms with Crippen LogP contribution in [0.2, 0.25) is 0 Å². The van der Waals surface area contributed by atoms with Crippen molar-refractivity contribution in [2.45, 2.75) is 118 Å². The minimum absolute atomic E-state index is 0.195. The maximum atomic E-state index is 15.2. The summed E-state index contributed by atoms with van der Waals surface area (Å²) in [6.45, 7) is 20.1.